The Kier molecular flexibility index (Phi) is 4.66. The molecule has 1 aromatic heterocycles. The van der Waals surface area contributed by atoms with Crippen LogP contribution in [0.25, 0.3) is 11.0 Å². The highest BCUT2D eigenvalue weighted by Gasteiger charge is 2.19. The lowest BCUT2D eigenvalue weighted by atomic mass is 10.1. The average Bonchev–Trinajstić information content (AvgIpc) is 2.92. The van der Waals surface area contributed by atoms with Crippen molar-refractivity contribution in [2.24, 2.45) is 0 Å². The van der Waals surface area contributed by atoms with Gasteiger partial charge in [0.1, 0.15) is 5.58 Å². The minimum Gasteiger partial charge on any atom is -0.450 e. The van der Waals surface area contributed by atoms with Crippen LogP contribution in [-0.4, -0.2) is 18.5 Å². The van der Waals surface area contributed by atoms with E-state index in [0.717, 1.165) is 9.86 Å². The van der Waals surface area contributed by atoms with Gasteiger partial charge in [-0.3, -0.25) is 4.79 Å². The fourth-order valence-electron chi connectivity index (χ4n) is 2.31. The Morgan fingerprint density at radius 3 is 2.58 bits per heavy atom. The van der Waals surface area contributed by atoms with Crippen LogP contribution in [0.2, 0.25) is 0 Å². The van der Waals surface area contributed by atoms with Crippen LogP contribution in [-0.2, 0) is 9.53 Å². The number of carbonyl (C=O) groups is 2. The van der Waals surface area contributed by atoms with E-state index in [0.29, 0.717) is 16.8 Å². The Hall–Kier alpha value is -2.60. The standard InChI is InChI=1S/C18H14BrNO4/c1-11-12-6-2-5-9-15(12)24-17(11)18(22)23-10-16(21)20-14-8-4-3-7-13(14)19/h2-9H,10H2,1H3,(H,20,21). The molecule has 1 heterocycles. The van der Waals surface area contributed by atoms with Crippen molar-refractivity contribution < 1.29 is 18.7 Å². The third kappa shape index (κ3) is 3.33. The summed E-state index contributed by atoms with van der Waals surface area (Å²) >= 11 is 3.33. The van der Waals surface area contributed by atoms with Crippen LogP contribution in [0.4, 0.5) is 5.69 Å². The fourth-order valence-corrected chi connectivity index (χ4v) is 2.70. The molecule has 3 rings (SSSR count). The molecule has 0 aliphatic carbocycles. The summed E-state index contributed by atoms with van der Waals surface area (Å²) in [5.74, 6) is -0.972. The third-order valence-corrected chi connectivity index (χ3v) is 4.20. The first-order valence-corrected chi connectivity index (χ1v) is 8.05. The van der Waals surface area contributed by atoms with Crippen LogP contribution < -0.4 is 5.32 Å². The van der Waals surface area contributed by atoms with Gasteiger partial charge < -0.3 is 14.5 Å². The SMILES string of the molecule is Cc1c(C(=O)OCC(=O)Nc2ccccc2Br)oc2ccccc12. The lowest BCUT2D eigenvalue weighted by Crippen LogP contribution is -2.21. The predicted octanol–water partition coefficient (Wildman–Crippen LogP) is 4.30. The molecule has 0 unspecified atom stereocenters. The highest BCUT2D eigenvalue weighted by Crippen LogP contribution is 2.25. The summed E-state index contributed by atoms with van der Waals surface area (Å²) in [5, 5.41) is 3.51. The van der Waals surface area contributed by atoms with E-state index in [1.807, 2.05) is 24.3 Å². The van der Waals surface area contributed by atoms with E-state index in [4.69, 9.17) is 9.15 Å². The number of furan rings is 1. The summed E-state index contributed by atoms with van der Waals surface area (Å²) in [7, 11) is 0. The second kappa shape index (κ2) is 6.88. The summed E-state index contributed by atoms with van der Waals surface area (Å²) < 4.78 is 11.3. The molecular formula is C18H14BrNO4. The zero-order valence-corrected chi connectivity index (χ0v) is 14.4. The van der Waals surface area contributed by atoms with E-state index >= 15 is 0 Å². The number of hydrogen-bond acceptors (Lipinski definition) is 4. The molecule has 0 bridgehead atoms. The van der Waals surface area contributed by atoms with Crippen molar-refractivity contribution in [2.45, 2.75) is 6.92 Å². The fraction of sp³-hybridized carbons (Fsp3) is 0.111. The van der Waals surface area contributed by atoms with Crippen LogP contribution in [0, 0.1) is 6.92 Å². The lowest BCUT2D eigenvalue weighted by Gasteiger charge is -2.07. The molecule has 0 saturated carbocycles. The number of para-hydroxylation sites is 2. The van der Waals surface area contributed by atoms with E-state index in [9.17, 15) is 9.59 Å². The molecule has 2 aromatic carbocycles. The molecule has 0 aliphatic heterocycles. The maximum Gasteiger partial charge on any atom is 0.375 e. The number of hydrogen-bond donors (Lipinski definition) is 1. The molecule has 6 heteroatoms. The first-order chi connectivity index (χ1) is 11.6. The first kappa shape index (κ1) is 16.3. The quantitative estimate of drug-likeness (QED) is 0.677. The van der Waals surface area contributed by atoms with Crippen molar-refractivity contribution in [3.05, 3.63) is 64.3 Å². The number of rotatable bonds is 4. The Labute approximate surface area is 146 Å². The molecule has 0 atom stereocenters. The van der Waals surface area contributed by atoms with Gasteiger partial charge >= 0.3 is 5.97 Å². The van der Waals surface area contributed by atoms with Crippen molar-refractivity contribution in [1.82, 2.24) is 0 Å². The third-order valence-electron chi connectivity index (χ3n) is 3.51. The smallest absolute Gasteiger partial charge is 0.375 e. The zero-order valence-electron chi connectivity index (χ0n) is 12.8. The molecule has 24 heavy (non-hydrogen) atoms. The molecule has 0 radical (unpaired) electrons. The molecule has 0 fully saturated rings. The molecule has 0 aliphatic rings. The van der Waals surface area contributed by atoms with Gasteiger partial charge in [-0.1, -0.05) is 30.3 Å². The zero-order chi connectivity index (χ0) is 17.1. The molecule has 0 saturated heterocycles. The molecule has 3 aromatic rings. The van der Waals surface area contributed by atoms with Gasteiger partial charge in [0.05, 0.1) is 5.69 Å². The van der Waals surface area contributed by atoms with Gasteiger partial charge in [0.15, 0.2) is 6.61 Å². The first-order valence-electron chi connectivity index (χ1n) is 7.26. The molecule has 5 nitrogen and oxygen atoms in total. The summed E-state index contributed by atoms with van der Waals surface area (Å²) in [6.07, 6.45) is 0. The minimum atomic E-state index is -0.661. The van der Waals surface area contributed by atoms with E-state index in [2.05, 4.69) is 21.2 Å². The number of amides is 1. The Morgan fingerprint density at radius 2 is 1.83 bits per heavy atom. The number of anilines is 1. The monoisotopic (exact) mass is 387 g/mol. The van der Waals surface area contributed by atoms with Gasteiger partial charge in [0.2, 0.25) is 5.76 Å². The van der Waals surface area contributed by atoms with Crippen LogP contribution in [0.15, 0.2) is 57.4 Å². The summed E-state index contributed by atoms with van der Waals surface area (Å²) in [4.78, 5) is 24.1. The number of aryl methyl sites for hydroxylation is 1. The summed E-state index contributed by atoms with van der Waals surface area (Å²) in [5.41, 5.74) is 1.92. The van der Waals surface area contributed by atoms with Crippen LogP contribution in [0.3, 0.4) is 0 Å². The summed E-state index contributed by atoms with van der Waals surface area (Å²) in [6, 6.07) is 14.5. The largest absolute Gasteiger partial charge is 0.450 e. The van der Waals surface area contributed by atoms with Crippen molar-refractivity contribution in [1.29, 1.82) is 0 Å². The van der Waals surface area contributed by atoms with Crippen LogP contribution in [0.5, 0.6) is 0 Å². The van der Waals surface area contributed by atoms with E-state index in [1.165, 1.54) is 0 Å². The highest BCUT2D eigenvalue weighted by atomic mass is 79.9. The normalized spacial score (nSPS) is 10.6. The van der Waals surface area contributed by atoms with Crippen molar-refractivity contribution in [3.63, 3.8) is 0 Å². The van der Waals surface area contributed by atoms with E-state index in [-0.39, 0.29) is 5.76 Å². The van der Waals surface area contributed by atoms with Crippen LogP contribution in [0.1, 0.15) is 16.1 Å². The van der Waals surface area contributed by atoms with Crippen molar-refractivity contribution >= 4 is 44.5 Å². The molecule has 122 valence electrons. The van der Waals surface area contributed by atoms with Gasteiger partial charge in [-0.15, -0.1) is 0 Å². The van der Waals surface area contributed by atoms with Crippen LogP contribution >= 0.6 is 15.9 Å². The second-order valence-corrected chi connectivity index (χ2v) is 6.01. The van der Waals surface area contributed by atoms with E-state index in [1.54, 1.807) is 31.2 Å². The van der Waals surface area contributed by atoms with Crippen molar-refractivity contribution in [3.8, 4) is 0 Å². The molecule has 1 amide bonds. The minimum absolute atomic E-state index is 0.116. The predicted molar refractivity (Wildman–Crippen MR) is 94.0 cm³/mol. The number of ether oxygens (including phenoxy) is 1. The van der Waals surface area contributed by atoms with Gasteiger partial charge in [-0.2, -0.15) is 0 Å². The number of nitrogens with one attached hydrogen (secondary N) is 1. The summed E-state index contributed by atoms with van der Waals surface area (Å²) in [6.45, 7) is 1.39. The van der Waals surface area contributed by atoms with Gasteiger partial charge in [-0.25, -0.2) is 4.79 Å². The molecule has 0 spiro atoms. The average molecular weight is 388 g/mol. The number of carbonyl (C=O) groups excluding carboxylic acids is 2. The molecule has 1 N–H and O–H groups in total. The molecular weight excluding hydrogens is 374 g/mol. The Morgan fingerprint density at radius 1 is 1.12 bits per heavy atom. The maximum atomic E-state index is 12.2. The van der Waals surface area contributed by atoms with Gasteiger partial charge in [0, 0.05) is 15.4 Å². The number of esters is 1. The van der Waals surface area contributed by atoms with Crippen molar-refractivity contribution in [2.75, 3.05) is 11.9 Å². The highest BCUT2D eigenvalue weighted by molar-refractivity contribution is 9.10. The van der Waals surface area contributed by atoms with E-state index < -0.39 is 18.5 Å². The number of halogens is 1. The Balaban J connectivity index is 1.65. The second-order valence-electron chi connectivity index (χ2n) is 5.16. The topological polar surface area (TPSA) is 68.5 Å². The van der Waals surface area contributed by atoms with Gasteiger partial charge in [-0.05, 0) is 41.1 Å². The number of fused-ring (bicyclic) bond motifs is 1. The number of benzene rings is 2. The van der Waals surface area contributed by atoms with Gasteiger partial charge in [0.25, 0.3) is 5.91 Å². The maximum absolute atomic E-state index is 12.2. The lowest BCUT2D eigenvalue weighted by molar-refractivity contribution is -0.119. The Bertz CT molecular complexity index is 916.